The molecule has 182 valence electrons. The molecule has 0 aromatic heterocycles. The first-order valence-electron chi connectivity index (χ1n) is 10.9. The minimum Gasteiger partial charge on any atom is -0.493 e. The Hall–Kier alpha value is -3.86. The van der Waals surface area contributed by atoms with E-state index >= 15 is 0 Å². The van der Waals surface area contributed by atoms with E-state index in [1.807, 2.05) is 0 Å². The highest BCUT2D eigenvalue weighted by Gasteiger charge is 2.37. The highest BCUT2D eigenvalue weighted by molar-refractivity contribution is 8.18. The van der Waals surface area contributed by atoms with Gasteiger partial charge in [-0.25, -0.2) is 0 Å². The van der Waals surface area contributed by atoms with Crippen LogP contribution >= 0.6 is 11.8 Å². The van der Waals surface area contributed by atoms with Gasteiger partial charge in [0.05, 0.1) is 22.5 Å². The first-order chi connectivity index (χ1) is 16.9. The summed E-state index contributed by atoms with van der Waals surface area (Å²) in [5, 5.41) is 10.7. The average Bonchev–Trinajstić information content (AvgIpc) is 3.48. The van der Waals surface area contributed by atoms with E-state index in [-0.39, 0.29) is 29.7 Å². The summed E-state index contributed by atoms with van der Waals surface area (Å²) in [5.41, 5.74) is 0.971. The van der Waals surface area contributed by atoms with Gasteiger partial charge in [-0.15, -0.1) is 0 Å². The molecular weight excluding hydrogens is 474 g/mol. The topological polar surface area (TPSA) is 119 Å². The number of nitro benzene ring substituents is 1. The molecular formula is C24H23N3O7S. The molecule has 35 heavy (non-hydrogen) atoms. The summed E-state index contributed by atoms with van der Waals surface area (Å²) >= 11 is 0.783. The molecule has 2 saturated heterocycles. The maximum atomic E-state index is 12.8. The number of hydrogen-bond acceptors (Lipinski definition) is 8. The molecule has 0 saturated carbocycles. The average molecular weight is 498 g/mol. The Morgan fingerprint density at radius 2 is 1.89 bits per heavy atom. The zero-order valence-electron chi connectivity index (χ0n) is 19.0. The van der Waals surface area contributed by atoms with Crippen LogP contribution in [-0.4, -0.2) is 58.5 Å². The summed E-state index contributed by atoms with van der Waals surface area (Å²) in [4.78, 5) is 51.1. The second-order valence-electron chi connectivity index (χ2n) is 7.94. The third-order valence-electron chi connectivity index (χ3n) is 5.68. The first kappa shape index (κ1) is 24.3. The van der Waals surface area contributed by atoms with Gasteiger partial charge in [0.25, 0.3) is 16.8 Å². The molecule has 2 aromatic carbocycles. The van der Waals surface area contributed by atoms with Gasteiger partial charge in [-0.05, 0) is 54.4 Å². The minimum atomic E-state index is -0.511. The van der Waals surface area contributed by atoms with Gasteiger partial charge in [-0.3, -0.25) is 29.4 Å². The van der Waals surface area contributed by atoms with Crippen LogP contribution in [0.25, 0.3) is 6.08 Å². The van der Waals surface area contributed by atoms with Crippen molar-refractivity contribution in [3.05, 3.63) is 68.6 Å². The highest BCUT2D eigenvalue weighted by atomic mass is 32.2. The molecule has 2 fully saturated rings. The SMILES string of the molecule is COc1cc(/C=C2\SC(=O)N(CC(=O)N3CCCC3)C2=O)ccc1OCc1ccccc1[N+](=O)[O-]. The summed E-state index contributed by atoms with van der Waals surface area (Å²) in [6.45, 7) is 1.01. The van der Waals surface area contributed by atoms with E-state index in [2.05, 4.69) is 0 Å². The van der Waals surface area contributed by atoms with E-state index in [1.54, 1.807) is 47.4 Å². The van der Waals surface area contributed by atoms with E-state index in [0.717, 1.165) is 29.5 Å². The van der Waals surface area contributed by atoms with Gasteiger partial charge in [0.15, 0.2) is 11.5 Å². The summed E-state index contributed by atoms with van der Waals surface area (Å²) in [5.74, 6) is -0.0102. The Morgan fingerprint density at radius 3 is 2.60 bits per heavy atom. The third kappa shape index (κ3) is 5.46. The standard InChI is InChI=1S/C24H23N3O7S/c1-33-20-12-16(8-9-19(20)34-15-17-6-2-3-7-18(17)27(31)32)13-21-23(29)26(24(30)35-21)14-22(28)25-10-4-5-11-25/h2-3,6-9,12-13H,4-5,10-11,14-15H2,1H3/b21-13-. The Morgan fingerprint density at radius 1 is 1.14 bits per heavy atom. The maximum absolute atomic E-state index is 12.8. The molecule has 0 bridgehead atoms. The normalized spacial score (nSPS) is 16.8. The van der Waals surface area contributed by atoms with E-state index in [0.29, 0.717) is 35.7 Å². The molecule has 0 aliphatic carbocycles. The fraction of sp³-hybridized carbons (Fsp3) is 0.292. The summed E-state index contributed by atoms with van der Waals surface area (Å²) < 4.78 is 11.1. The van der Waals surface area contributed by atoms with Gasteiger partial charge in [0.2, 0.25) is 5.91 Å². The summed E-state index contributed by atoms with van der Waals surface area (Å²) in [7, 11) is 1.45. The molecule has 10 nitrogen and oxygen atoms in total. The van der Waals surface area contributed by atoms with Gasteiger partial charge in [0.1, 0.15) is 13.2 Å². The van der Waals surface area contributed by atoms with Crippen LogP contribution in [0.1, 0.15) is 24.0 Å². The molecule has 2 aliphatic rings. The van der Waals surface area contributed by atoms with E-state index in [9.17, 15) is 24.5 Å². The monoisotopic (exact) mass is 497 g/mol. The number of benzene rings is 2. The lowest BCUT2D eigenvalue weighted by molar-refractivity contribution is -0.385. The lowest BCUT2D eigenvalue weighted by Crippen LogP contribution is -2.40. The number of para-hydroxylation sites is 1. The number of ether oxygens (including phenoxy) is 2. The van der Waals surface area contributed by atoms with Crippen molar-refractivity contribution < 1.29 is 28.8 Å². The lowest BCUT2D eigenvalue weighted by atomic mass is 10.1. The fourth-order valence-corrected chi connectivity index (χ4v) is 4.69. The molecule has 0 radical (unpaired) electrons. The number of likely N-dealkylation sites (tertiary alicyclic amines) is 1. The van der Waals surface area contributed by atoms with Crippen LogP contribution in [0, 0.1) is 10.1 Å². The van der Waals surface area contributed by atoms with Gasteiger partial charge in [-0.1, -0.05) is 18.2 Å². The molecule has 2 aromatic rings. The fourth-order valence-electron chi connectivity index (χ4n) is 3.85. The van der Waals surface area contributed by atoms with Crippen LogP contribution in [-0.2, 0) is 16.2 Å². The summed E-state index contributed by atoms with van der Waals surface area (Å²) in [6.07, 6.45) is 3.41. The van der Waals surface area contributed by atoms with Gasteiger partial charge < -0.3 is 14.4 Å². The highest BCUT2D eigenvalue weighted by Crippen LogP contribution is 2.35. The van der Waals surface area contributed by atoms with Crippen molar-refractivity contribution in [2.75, 3.05) is 26.7 Å². The zero-order valence-corrected chi connectivity index (χ0v) is 19.8. The maximum Gasteiger partial charge on any atom is 0.294 e. The molecule has 2 aliphatic heterocycles. The Balaban J connectivity index is 1.46. The van der Waals surface area contributed by atoms with Crippen LogP contribution < -0.4 is 9.47 Å². The molecule has 0 unspecified atom stereocenters. The predicted octanol–water partition coefficient (Wildman–Crippen LogP) is 3.84. The van der Waals surface area contributed by atoms with Crippen LogP contribution in [0.2, 0.25) is 0 Å². The minimum absolute atomic E-state index is 0.0310. The van der Waals surface area contributed by atoms with Crippen LogP contribution in [0.15, 0.2) is 47.4 Å². The van der Waals surface area contributed by atoms with E-state index in [1.165, 1.54) is 13.2 Å². The number of methoxy groups -OCH3 is 1. The molecule has 3 amide bonds. The van der Waals surface area contributed by atoms with Crippen molar-refractivity contribution in [3.63, 3.8) is 0 Å². The number of carbonyl (C=O) groups is 3. The van der Waals surface area contributed by atoms with Crippen molar-refractivity contribution in [2.45, 2.75) is 19.4 Å². The molecule has 0 N–H and O–H groups in total. The number of amides is 3. The lowest BCUT2D eigenvalue weighted by Gasteiger charge is -2.18. The molecule has 2 heterocycles. The second kappa shape index (κ2) is 10.6. The number of hydrogen-bond donors (Lipinski definition) is 0. The number of rotatable bonds is 8. The predicted molar refractivity (Wildman–Crippen MR) is 129 cm³/mol. The Kier molecular flexibility index (Phi) is 7.35. The largest absolute Gasteiger partial charge is 0.493 e. The molecule has 0 atom stereocenters. The van der Waals surface area contributed by atoms with Crippen molar-refractivity contribution in [1.29, 1.82) is 0 Å². The quantitative estimate of drug-likeness (QED) is 0.307. The smallest absolute Gasteiger partial charge is 0.294 e. The Bertz CT molecular complexity index is 1210. The second-order valence-corrected chi connectivity index (χ2v) is 8.93. The van der Waals surface area contributed by atoms with Crippen molar-refractivity contribution in [2.24, 2.45) is 0 Å². The Labute approximate surface area is 205 Å². The zero-order chi connectivity index (χ0) is 24.9. The number of imide groups is 1. The van der Waals surface area contributed by atoms with Gasteiger partial charge >= 0.3 is 0 Å². The van der Waals surface area contributed by atoms with Crippen molar-refractivity contribution in [1.82, 2.24) is 9.80 Å². The third-order valence-corrected chi connectivity index (χ3v) is 6.59. The van der Waals surface area contributed by atoms with E-state index < -0.39 is 16.1 Å². The number of nitrogens with zero attached hydrogens (tertiary/aromatic N) is 3. The van der Waals surface area contributed by atoms with Crippen molar-refractivity contribution in [3.8, 4) is 11.5 Å². The molecule has 11 heteroatoms. The van der Waals surface area contributed by atoms with Crippen LogP contribution in [0.3, 0.4) is 0 Å². The summed E-state index contributed by atoms with van der Waals surface area (Å²) in [6, 6.07) is 11.2. The van der Waals surface area contributed by atoms with Crippen molar-refractivity contribution >= 4 is 40.6 Å². The number of carbonyl (C=O) groups excluding carboxylic acids is 3. The van der Waals surface area contributed by atoms with E-state index in [4.69, 9.17) is 9.47 Å². The molecule has 0 spiro atoms. The number of thioether (sulfide) groups is 1. The van der Waals surface area contributed by atoms with Crippen LogP contribution in [0.4, 0.5) is 10.5 Å². The van der Waals surface area contributed by atoms with Crippen LogP contribution in [0.5, 0.6) is 11.5 Å². The van der Waals surface area contributed by atoms with Gasteiger partial charge in [-0.2, -0.15) is 0 Å². The van der Waals surface area contributed by atoms with Gasteiger partial charge in [0, 0.05) is 19.2 Å². The first-order valence-corrected chi connectivity index (χ1v) is 11.8. The number of nitro groups is 1. The molecule has 4 rings (SSSR count).